The van der Waals surface area contributed by atoms with Gasteiger partial charge in [-0.15, -0.1) is 0 Å². The Labute approximate surface area is 233 Å². The Hall–Kier alpha value is -4.22. The van der Waals surface area contributed by atoms with Gasteiger partial charge in [-0.2, -0.15) is 0 Å². The van der Waals surface area contributed by atoms with Crippen LogP contribution in [0.4, 0.5) is 23.7 Å². The van der Waals surface area contributed by atoms with E-state index < -0.39 is 46.1 Å². The van der Waals surface area contributed by atoms with Crippen molar-refractivity contribution in [3.63, 3.8) is 0 Å². The molecule has 1 aliphatic carbocycles. The van der Waals surface area contributed by atoms with Gasteiger partial charge in [0.1, 0.15) is 34.0 Å². The number of methoxy groups -OCH3 is 1. The van der Waals surface area contributed by atoms with Gasteiger partial charge in [-0.3, -0.25) is 4.79 Å². The first-order valence-corrected chi connectivity index (χ1v) is 13.2. The minimum atomic E-state index is -0.976. The van der Waals surface area contributed by atoms with Crippen molar-refractivity contribution in [2.45, 2.75) is 39.3 Å². The Bertz CT molecular complexity index is 1600. The molecule has 2 heterocycles. The monoisotopic (exact) mass is 573 g/mol. The van der Waals surface area contributed by atoms with Crippen molar-refractivity contribution in [1.82, 2.24) is 9.88 Å². The van der Waals surface area contributed by atoms with E-state index in [9.17, 15) is 18.8 Å². The number of ether oxygens (including phenoxy) is 3. The Morgan fingerprint density at radius 2 is 1.76 bits per heavy atom. The quantitative estimate of drug-likeness (QED) is 0.432. The number of fused-ring (bicyclic) bond motifs is 2. The first-order valence-electron chi connectivity index (χ1n) is 13.2. The molecule has 1 aromatic heterocycles. The second kappa shape index (κ2) is 10.3. The Balaban J connectivity index is 1.59. The second-order valence-corrected chi connectivity index (χ2v) is 11.1. The molecule has 3 aromatic rings. The van der Waals surface area contributed by atoms with Gasteiger partial charge in [0.15, 0.2) is 11.6 Å². The summed E-state index contributed by atoms with van der Waals surface area (Å²) in [5.74, 6) is -3.55. The number of anilines is 1. The summed E-state index contributed by atoms with van der Waals surface area (Å²) in [6.45, 7) is 7.58. The van der Waals surface area contributed by atoms with Crippen molar-refractivity contribution in [2.24, 2.45) is 11.8 Å². The van der Waals surface area contributed by atoms with Gasteiger partial charge in [0.2, 0.25) is 5.43 Å². The highest BCUT2D eigenvalue weighted by Crippen LogP contribution is 2.50. The highest BCUT2D eigenvalue weighted by Gasteiger charge is 2.57. The third-order valence-corrected chi connectivity index (χ3v) is 7.23. The zero-order chi connectivity index (χ0) is 29.8. The molecule has 1 N–H and O–H groups in total. The van der Waals surface area contributed by atoms with Gasteiger partial charge >= 0.3 is 12.1 Å². The van der Waals surface area contributed by atoms with E-state index in [1.807, 2.05) is 0 Å². The summed E-state index contributed by atoms with van der Waals surface area (Å²) >= 11 is 0. The smallest absolute Gasteiger partial charge is 0.407 e. The number of pyridine rings is 1. The van der Waals surface area contributed by atoms with Gasteiger partial charge in [-0.25, -0.2) is 22.8 Å². The lowest BCUT2D eigenvalue weighted by atomic mass is 10.1. The number of esters is 1. The van der Waals surface area contributed by atoms with Crippen molar-refractivity contribution in [3.05, 3.63) is 63.7 Å². The molecule has 0 bridgehead atoms. The summed E-state index contributed by atoms with van der Waals surface area (Å²) in [6.07, 6.45) is 0.562. The van der Waals surface area contributed by atoms with Gasteiger partial charge in [-0.05, 0) is 45.9 Å². The number of carbonyl (C=O) groups is 2. The average molecular weight is 574 g/mol. The minimum Gasteiger partial charge on any atom is -0.492 e. The van der Waals surface area contributed by atoms with E-state index in [2.05, 4.69) is 5.32 Å². The van der Waals surface area contributed by atoms with Crippen molar-refractivity contribution in [1.29, 1.82) is 0 Å². The third kappa shape index (κ3) is 5.18. The number of nitrogens with one attached hydrogen (secondary N) is 1. The number of hydrogen-bond donors (Lipinski definition) is 1. The maximum Gasteiger partial charge on any atom is 0.407 e. The normalized spacial score (nSPS) is 19.6. The van der Waals surface area contributed by atoms with Crippen molar-refractivity contribution < 1.29 is 37.0 Å². The number of rotatable bonds is 6. The molecule has 12 heteroatoms. The van der Waals surface area contributed by atoms with Gasteiger partial charge in [-0.1, -0.05) is 0 Å². The molecule has 1 saturated carbocycles. The highest BCUT2D eigenvalue weighted by atomic mass is 19.1. The molecule has 5 rings (SSSR count). The SMILES string of the molecule is CCOC(=O)c1cn(-c2ccc(F)cc2F)c2c(OC)c(N3C[C@@H]4C(NC(=O)OC(C)(C)C)[C@@H]4C3)c(F)cc2c1=O. The van der Waals surface area contributed by atoms with Gasteiger partial charge in [0.05, 0.1) is 24.8 Å². The first kappa shape index (κ1) is 28.3. The van der Waals surface area contributed by atoms with E-state index >= 15 is 8.78 Å². The molecule has 2 aliphatic rings. The lowest BCUT2D eigenvalue weighted by Crippen LogP contribution is -2.38. The number of carbonyl (C=O) groups excluding carboxylic acids is 2. The lowest BCUT2D eigenvalue weighted by Gasteiger charge is -2.27. The van der Waals surface area contributed by atoms with Crippen molar-refractivity contribution in [3.8, 4) is 11.4 Å². The Kier molecular flexibility index (Phi) is 7.12. The molecule has 1 saturated heterocycles. The van der Waals surface area contributed by atoms with Gasteiger partial charge in [0.25, 0.3) is 0 Å². The maximum absolute atomic E-state index is 15.8. The molecular formula is C29H30F3N3O6. The number of benzene rings is 2. The fraction of sp³-hybridized carbons (Fsp3) is 0.414. The van der Waals surface area contributed by atoms with Gasteiger partial charge in [0, 0.05) is 43.2 Å². The zero-order valence-electron chi connectivity index (χ0n) is 23.2. The lowest BCUT2D eigenvalue weighted by molar-refractivity contribution is 0.0510. The number of nitrogens with zero attached hydrogens (tertiary/aromatic N) is 2. The van der Waals surface area contributed by atoms with Crippen molar-refractivity contribution >= 4 is 28.7 Å². The van der Waals surface area contributed by atoms with E-state index in [1.54, 1.807) is 32.6 Å². The zero-order valence-corrected chi connectivity index (χ0v) is 23.2. The molecule has 3 atom stereocenters. The molecule has 2 fully saturated rings. The molecule has 1 amide bonds. The number of hydrogen-bond acceptors (Lipinski definition) is 7. The fourth-order valence-electron chi connectivity index (χ4n) is 5.49. The van der Waals surface area contributed by atoms with Crippen LogP contribution in [0.25, 0.3) is 16.6 Å². The van der Waals surface area contributed by atoms with E-state index in [1.165, 1.54) is 11.7 Å². The highest BCUT2D eigenvalue weighted by molar-refractivity contribution is 5.98. The van der Waals surface area contributed by atoms with Crippen LogP contribution in [0.15, 0.2) is 35.3 Å². The van der Waals surface area contributed by atoms with Crippen LogP contribution in [0, 0.1) is 29.3 Å². The first-order chi connectivity index (χ1) is 19.3. The molecule has 0 radical (unpaired) electrons. The van der Waals surface area contributed by atoms with Crippen LogP contribution in [-0.4, -0.2) is 55.1 Å². The predicted molar refractivity (Wildman–Crippen MR) is 144 cm³/mol. The third-order valence-electron chi connectivity index (χ3n) is 7.23. The summed E-state index contributed by atoms with van der Waals surface area (Å²) in [5, 5.41) is 2.61. The molecule has 2 aromatic carbocycles. The Morgan fingerprint density at radius 1 is 1.07 bits per heavy atom. The number of aromatic nitrogens is 1. The van der Waals surface area contributed by atoms with Crippen LogP contribution >= 0.6 is 0 Å². The van der Waals surface area contributed by atoms with Crippen LogP contribution in [0.3, 0.4) is 0 Å². The summed E-state index contributed by atoms with van der Waals surface area (Å²) in [4.78, 5) is 39.9. The minimum absolute atomic E-state index is 0.00328. The summed E-state index contributed by atoms with van der Waals surface area (Å²) < 4.78 is 61.7. The van der Waals surface area contributed by atoms with Crippen LogP contribution in [0.2, 0.25) is 0 Å². The maximum atomic E-state index is 15.8. The number of alkyl carbamates (subject to hydrolysis) is 1. The molecular weight excluding hydrogens is 543 g/mol. The van der Waals surface area contributed by atoms with Crippen LogP contribution in [0.5, 0.6) is 5.75 Å². The summed E-state index contributed by atoms with van der Waals surface area (Å²) in [7, 11) is 1.29. The topological polar surface area (TPSA) is 99.1 Å². The summed E-state index contributed by atoms with van der Waals surface area (Å²) in [5.41, 5.74) is -2.07. The summed E-state index contributed by atoms with van der Waals surface area (Å²) in [6, 6.07) is 3.68. The van der Waals surface area contributed by atoms with Crippen LogP contribution < -0.4 is 20.4 Å². The average Bonchev–Trinajstić information content (AvgIpc) is 3.30. The molecule has 9 nitrogen and oxygen atoms in total. The molecule has 218 valence electrons. The van der Waals surface area contributed by atoms with Crippen LogP contribution in [-0.2, 0) is 9.47 Å². The predicted octanol–water partition coefficient (Wildman–Crippen LogP) is 4.55. The second-order valence-electron chi connectivity index (χ2n) is 11.1. The molecule has 41 heavy (non-hydrogen) atoms. The van der Waals surface area contributed by atoms with Gasteiger partial charge < -0.3 is 29.0 Å². The van der Waals surface area contributed by atoms with E-state index in [0.717, 1.165) is 24.4 Å². The van der Waals surface area contributed by atoms with Crippen LogP contribution in [0.1, 0.15) is 38.1 Å². The number of amides is 1. The van der Waals surface area contributed by atoms with E-state index in [-0.39, 0.29) is 52.5 Å². The largest absolute Gasteiger partial charge is 0.492 e. The number of halogens is 3. The van der Waals surface area contributed by atoms with E-state index in [0.29, 0.717) is 19.2 Å². The number of piperidine rings is 1. The Morgan fingerprint density at radius 3 is 2.34 bits per heavy atom. The molecule has 0 spiro atoms. The van der Waals surface area contributed by atoms with E-state index in [4.69, 9.17) is 14.2 Å². The van der Waals surface area contributed by atoms with Crippen molar-refractivity contribution in [2.75, 3.05) is 31.7 Å². The molecule has 1 unspecified atom stereocenters. The standard InChI is InChI=1S/C29H30F3N3O6/c1-6-40-27(37)18-13-35(21-8-7-14(30)9-19(21)31)23-15(25(18)36)10-20(32)24(26(23)39-5)34-11-16-17(12-34)22(16)33-28(38)41-29(2,3)4/h7-10,13,16-17,22H,6,11-12H2,1-5H3,(H,33,38)/t16-,17+,22?. The molecule has 1 aliphatic heterocycles. The fourth-order valence-corrected chi connectivity index (χ4v) is 5.49.